The number of aromatic nitrogens is 3. The largest absolute Gasteiger partial charge is 0.461 e. The number of nitrogen functional groups attached to an aromatic ring is 1. The van der Waals surface area contributed by atoms with Crippen LogP contribution in [0.4, 0.5) is 5.95 Å². The maximum absolute atomic E-state index is 5.55. The Morgan fingerprint density at radius 1 is 1.33 bits per heavy atom. The summed E-state index contributed by atoms with van der Waals surface area (Å²) < 4.78 is 5.36. The van der Waals surface area contributed by atoms with E-state index in [1.165, 1.54) is 0 Å². The van der Waals surface area contributed by atoms with Crippen LogP contribution < -0.4 is 10.5 Å². The van der Waals surface area contributed by atoms with Gasteiger partial charge in [-0.2, -0.15) is 15.0 Å². The molecule has 0 atom stereocenters. The quantitative estimate of drug-likeness (QED) is 0.774. The Hall–Kier alpha value is -1.04. The predicted octanol–water partition coefficient (Wildman–Crippen LogP) is 1.74. The van der Waals surface area contributed by atoms with Gasteiger partial charge in [0.05, 0.1) is 6.10 Å². The SMILES string of the molecule is CCCSc1nc(N)nc(OC(C)C)n1. The smallest absolute Gasteiger partial charge is 0.322 e. The van der Waals surface area contributed by atoms with E-state index in [4.69, 9.17) is 10.5 Å². The first kappa shape index (κ1) is 12.0. The molecule has 0 aromatic carbocycles. The number of anilines is 1. The van der Waals surface area contributed by atoms with E-state index in [0.717, 1.165) is 12.2 Å². The highest BCUT2D eigenvalue weighted by Crippen LogP contribution is 2.17. The topological polar surface area (TPSA) is 73.9 Å². The lowest BCUT2D eigenvalue weighted by Gasteiger charge is -2.08. The zero-order valence-electron chi connectivity index (χ0n) is 9.23. The molecule has 15 heavy (non-hydrogen) atoms. The van der Waals surface area contributed by atoms with Gasteiger partial charge >= 0.3 is 6.01 Å². The van der Waals surface area contributed by atoms with Gasteiger partial charge in [0.15, 0.2) is 5.16 Å². The fraction of sp³-hybridized carbons (Fsp3) is 0.667. The normalized spacial score (nSPS) is 10.7. The van der Waals surface area contributed by atoms with Crippen LogP contribution >= 0.6 is 11.8 Å². The van der Waals surface area contributed by atoms with E-state index in [-0.39, 0.29) is 12.1 Å². The molecule has 0 aliphatic heterocycles. The summed E-state index contributed by atoms with van der Waals surface area (Å²) in [5, 5.41) is 0.625. The lowest BCUT2D eigenvalue weighted by molar-refractivity contribution is 0.219. The Bertz CT molecular complexity index is 319. The third kappa shape index (κ3) is 4.33. The zero-order chi connectivity index (χ0) is 11.3. The number of rotatable bonds is 5. The summed E-state index contributed by atoms with van der Waals surface area (Å²) in [6, 6.07) is 0.302. The van der Waals surface area contributed by atoms with E-state index in [2.05, 4.69) is 21.9 Å². The van der Waals surface area contributed by atoms with Gasteiger partial charge in [0.2, 0.25) is 5.95 Å². The summed E-state index contributed by atoms with van der Waals surface area (Å²) in [4.78, 5) is 12.1. The van der Waals surface area contributed by atoms with Crippen LogP contribution in [0.5, 0.6) is 6.01 Å². The van der Waals surface area contributed by atoms with Gasteiger partial charge in [-0.25, -0.2) is 0 Å². The first-order valence-corrected chi connectivity index (χ1v) is 5.91. The summed E-state index contributed by atoms with van der Waals surface area (Å²) in [5.74, 6) is 1.17. The Balaban J connectivity index is 2.75. The molecule has 0 fully saturated rings. The number of hydrogen-bond donors (Lipinski definition) is 1. The first-order chi connectivity index (χ1) is 7.11. The first-order valence-electron chi connectivity index (χ1n) is 4.92. The molecule has 0 bridgehead atoms. The average Bonchev–Trinajstić information content (AvgIpc) is 2.12. The Morgan fingerprint density at radius 2 is 2.07 bits per heavy atom. The number of ether oxygens (including phenoxy) is 1. The van der Waals surface area contributed by atoms with Crippen molar-refractivity contribution in [3.63, 3.8) is 0 Å². The van der Waals surface area contributed by atoms with Crippen molar-refractivity contribution in [2.45, 2.75) is 38.5 Å². The summed E-state index contributed by atoms with van der Waals surface area (Å²) >= 11 is 1.55. The molecule has 0 amide bonds. The summed E-state index contributed by atoms with van der Waals surface area (Å²) in [6.07, 6.45) is 1.10. The highest BCUT2D eigenvalue weighted by Gasteiger charge is 2.06. The molecule has 0 radical (unpaired) electrons. The molecule has 0 saturated heterocycles. The van der Waals surface area contributed by atoms with Crippen LogP contribution in [-0.2, 0) is 0 Å². The Labute approximate surface area is 93.9 Å². The highest BCUT2D eigenvalue weighted by molar-refractivity contribution is 7.99. The van der Waals surface area contributed by atoms with Gasteiger partial charge in [0.25, 0.3) is 0 Å². The maximum Gasteiger partial charge on any atom is 0.322 e. The Morgan fingerprint density at radius 3 is 2.67 bits per heavy atom. The Kier molecular flexibility index (Phi) is 4.61. The molecule has 0 saturated carbocycles. The van der Waals surface area contributed by atoms with Crippen molar-refractivity contribution < 1.29 is 4.74 Å². The molecule has 5 nitrogen and oxygen atoms in total. The number of nitrogens with two attached hydrogens (primary N) is 1. The van der Waals surface area contributed by atoms with E-state index < -0.39 is 0 Å². The molecule has 1 aromatic heterocycles. The lowest BCUT2D eigenvalue weighted by Crippen LogP contribution is -2.10. The number of nitrogens with zero attached hydrogens (tertiary/aromatic N) is 3. The van der Waals surface area contributed by atoms with Gasteiger partial charge in [-0.15, -0.1) is 0 Å². The molecule has 1 heterocycles. The van der Waals surface area contributed by atoms with Crippen LogP contribution in [0, 0.1) is 0 Å². The minimum atomic E-state index is 0.0378. The van der Waals surface area contributed by atoms with Gasteiger partial charge in [-0.1, -0.05) is 18.7 Å². The highest BCUT2D eigenvalue weighted by atomic mass is 32.2. The molecular formula is C9H16N4OS. The van der Waals surface area contributed by atoms with Crippen LogP contribution in [0.2, 0.25) is 0 Å². The molecule has 84 valence electrons. The molecule has 0 aliphatic carbocycles. The van der Waals surface area contributed by atoms with Crippen LogP contribution in [0.3, 0.4) is 0 Å². The molecule has 0 aliphatic rings. The van der Waals surface area contributed by atoms with Crippen LogP contribution in [0.15, 0.2) is 5.16 Å². The average molecular weight is 228 g/mol. The van der Waals surface area contributed by atoms with Crippen LogP contribution in [-0.4, -0.2) is 26.8 Å². The van der Waals surface area contributed by atoms with Crippen LogP contribution in [0.1, 0.15) is 27.2 Å². The van der Waals surface area contributed by atoms with Crippen molar-refractivity contribution in [1.29, 1.82) is 0 Å². The third-order valence-corrected chi connectivity index (χ3v) is 2.44. The fourth-order valence-corrected chi connectivity index (χ4v) is 1.56. The van der Waals surface area contributed by atoms with Gasteiger partial charge in [0.1, 0.15) is 0 Å². The molecule has 2 N–H and O–H groups in total. The second-order valence-electron chi connectivity index (χ2n) is 3.27. The second-order valence-corrected chi connectivity index (χ2v) is 4.34. The monoisotopic (exact) mass is 228 g/mol. The van der Waals surface area contributed by atoms with E-state index in [9.17, 15) is 0 Å². The maximum atomic E-state index is 5.55. The minimum absolute atomic E-state index is 0.0378. The van der Waals surface area contributed by atoms with Crippen molar-refractivity contribution in [3.8, 4) is 6.01 Å². The van der Waals surface area contributed by atoms with Crippen molar-refractivity contribution in [2.75, 3.05) is 11.5 Å². The van der Waals surface area contributed by atoms with Crippen molar-refractivity contribution >= 4 is 17.7 Å². The lowest BCUT2D eigenvalue weighted by atomic mass is 10.5. The second kappa shape index (κ2) is 5.75. The molecular weight excluding hydrogens is 212 g/mol. The van der Waals surface area contributed by atoms with Crippen molar-refractivity contribution in [3.05, 3.63) is 0 Å². The zero-order valence-corrected chi connectivity index (χ0v) is 10.0. The van der Waals surface area contributed by atoms with Gasteiger partial charge in [0, 0.05) is 5.75 Å². The van der Waals surface area contributed by atoms with Gasteiger partial charge < -0.3 is 10.5 Å². The van der Waals surface area contributed by atoms with E-state index in [1.54, 1.807) is 11.8 Å². The summed E-state index contributed by atoms with van der Waals surface area (Å²) in [5.41, 5.74) is 5.55. The van der Waals surface area contributed by atoms with Gasteiger partial charge in [-0.05, 0) is 20.3 Å². The van der Waals surface area contributed by atoms with Gasteiger partial charge in [-0.3, -0.25) is 0 Å². The van der Waals surface area contributed by atoms with E-state index in [1.807, 2.05) is 13.8 Å². The molecule has 6 heteroatoms. The fourth-order valence-electron chi connectivity index (χ4n) is 0.874. The number of thioether (sulfide) groups is 1. The van der Waals surface area contributed by atoms with Crippen molar-refractivity contribution in [2.24, 2.45) is 0 Å². The summed E-state index contributed by atoms with van der Waals surface area (Å²) in [6.45, 7) is 5.93. The molecule has 1 rings (SSSR count). The summed E-state index contributed by atoms with van der Waals surface area (Å²) in [7, 11) is 0. The molecule has 1 aromatic rings. The van der Waals surface area contributed by atoms with Crippen LogP contribution in [0.25, 0.3) is 0 Å². The minimum Gasteiger partial charge on any atom is -0.461 e. The van der Waals surface area contributed by atoms with Crippen molar-refractivity contribution in [1.82, 2.24) is 15.0 Å². The molecule has 0 unspecified atom stereocenters. The standard InChI is InChI=1S/C9H16N4OS/c1-4-5-15-9-12-7(10)11-8(13-9)14-6(2)3/h6H,4-5H2,1-3H3,(H2,10,11,12,13). The number of hydrogen-bond acceptors (Lipinski definition) is 6. The predicted molar refractivity (Wildman–Crippen MR) is 61.0 cm³/mol. The van der Waals surface area contributed by atoms with E-state index >= 15 is 0 Å². The third-order valence-electron chi connectivity index (χ3n) is 1.39. The molecule has 0 spiro atoms. The van der Waals surface area contributed by atoms with E-state index in [0.29, 0.717) is 11.2 Å².